The largest absolute Gasteiger partial charge is 0.460 e. The van der Waals surface area contributed by atoms with Gasteiger partial charge in [0.05, 0.1) is 11.6 Å². The first-order chi connectivity index (χ1) is 13.0. The first-order valence-electron chi connectivity index (χ1n) is 7.93. The molecule has 1 aromatic heterocycles. The molecule has 3 rings (SSSR count). The van der Waals surface area contributed by atoms with Gasteiger partial charge in [-0.05, 0) is 51.9 Å². The van der Waals surface area contributed by atoms with Crippen molar-refractivity contribution >= 4 is 46.1 Å². The molecular formula is C19H14ClIN2O4. The lowest BCUT2D eigenvalue weighted by Crippen LogP contribution is -2.32. The summed E-state index contributed by atoms with van der Waals surface area (Å²) in [5.74, 6) is -0.940. The van der Waals surface area contributed by atoms with Crippen LogP contribution in [-0.4, -0.2) is 23.5 Å². The number of carbonyl (C=O) groups excluding carboxylic acids is 2. The summed E-state index contributed by atoms with van der Waals surface area (Å²) in [6.07, 6.45) is 1.16. The summed E-state index contributed by atoms with van der Waals surface area (Å²) in [5, 5.41) is 2.66. The SMILES string of the molecule is O=C(N[C@@H](COC(=O)c1ccccc1I)c1ccccc1)c1coc(Cl)n1. The molecule has 0 aliphatic carbocycles. The second-order valence-corrected chi connectivity index (χ2v) is 6.99. The van der Waals surface area contributed by atoms with E-state index in [0.29, 0.717) is 5.56 Å². The zero-order valence-electron chi connectivity index (χ0n) is 13.9. The molecule has 1 atom stereocenters. The van der Waals surface area contributed by atoms with E-state index in [-0.39, 0.29) is 17.7 Å². The molecule has 3 aromatic rings. The zero-order valence-corrected chi connectivity index (χ0v) is 16.8. The Morgan fingerprint density at radius 2 is 1.85 bits per heavy atom. The fourth-order valence-electron chi connectivity index (χ4n) is 2.36. The van der Waals surface area contributed by atoms with Gasteiger partial charge in [0.25, 0.3) is 11.3 Å². The third-order valence-electron chi connectivity index (χ3n) is 3.69. The predicted octanol–water partition coefficient (Wildman–Crippen LogP) is 4.26. The van der Waals surface area contributed by atoms with Crippen molar-refractivity contribution in [1.82, 2.24) is 10.3 Å². The standard InChI is InChI=1S/C19H14ClIN2O4/c20-19-23-16(11-27-19)17(24)22-15(12-6-2-1-3-7-12)10-26-18(25)13-8-4-5-9-14(13)21/h1-9,11,15H,10H2,(H,22,24)/t15-/m0/s1. The van der Waals surface area contributed by atoms with Gasteiger partial charge >= 0.3 is 5.97 Å². The Morgan fingerprint density at radius 1 is 1.15 bits per heavy atom. The summed E-state index contributed by atoms with van der Waals surface area (Å²) in [7, 11) is 0. The van der Waals surface area contributed by atoms with Crippen molar-refractivity contribution in [2.75, 3.05) is 6.61 Å². The average Bonchev–Trinajstić information content (AvgIpc) is 3.12. The second-order valence-electron chi connectivity index (χ2n) is 5.50. The third-order valence-corrected chi connectivity index (χ3v) is 4.81. The Bertz CT molecular complexity index is 946. The Morgan fingerprint density at radius 3 is 2.52 bits per heavy atom. The van der Waals surface area contributed by atoms with Gasteiger partial charge in [-0.25, -0.2) is 4.79 Å². The lowest BCUT2D eigenvalue weighted by molar-refractivity contribution is 0.0454. The summed E-state index contributed by atoms with van der Waals surface area (Å²) >= 11 is 7.69. The quantitative estimate of drug-likeness (QED) is 0.407. The van der Waals surface area contributed by atoms with Crippen LogP contribution in [0, 0.1) is 3.57 Å². The van der Waals surface area contributed by atoms with Gasteiger partial charge in [-0.15, -0.1) is 0 Å². The zero-order chi connectivity index (χ0) is 19.2. The van der Waals surface area contributed by atoms with Crippen LogP contribution < -0.4 is 5.32 Å². The Balaban J connectivity index is 1.74. The predicted molar refractivity (Wildman–Crippen MR) is 108 cm³/mol. The smallest absolute Gasteiger partial charge is 0.339 e. The number of aromatic nitrogens is 1. The summed E-state index contributed by atoms with van der Waals surface area (Å²) in [5.41, 5.74) is 1.31. The van der Waals surface area contributed by atoms with Gasteiger partial charge in [0.2, 0.25) is 0 Å². The number of nitrogens with zero attached hydrogens (tertiary/aromatic N) is 1. The summed E-state index contributed by atoms with van der Waals surface area (Å²) in [6.45, 7) is -0.0366. The van der Waals surface area contributed by atoms with Crippen LogP contribution in [0.3, 0.4) is 0 Å². The van der Waals surface area contributed by atoms with Gasteiger partial charge in [0.1, 0.15) is 12.9 Å². The van der Waals surface area contributed by atoms with E-state index in [4.69, 9.17) is 20.8 Å². The highest BCUT2D eigenvalue weighted by Crippen LogP contribution is 2.17. The highest BCUT2D eigenvalue weighted by atomic mass is 127. The van der Waals surface area contributed by atoms with Gasteiger partial charge in [0.15, 0.2) is 5.69 Å². The van der Waals surface area contributed by atoms with Crippen LogP contribution in [0.1, 0.15) is 32.5 Å². The number of ether oxygens (including phenoxy) is 1. The highest BCUT2D eigenvalue weighted by Gasteiger charge is 2.21. The molecule has 0 fully saturated rings. The summed E-state index contributed by atoms with van der Waals surface area (Å²) in [4.78, 5) is 28.5. The molecular weight excluding hydrogens is 483 g/mol. The lowest BCUT2D eigenvalue weighted by Gasteiger charge is -2.19. The number of benzene rings is 2. The molecule has 0 unspecified atom stereocenters. The van der Waals surface area contributed by atoms with Crippen LogP contribution in [-0.2, 0) is 4.74 Å². The molecule has 1 N–H and O–H groups in total. The molecule has 138 valence electrons. The minimum absolute atomic E-state index is 0.0366. The van der Waals surface area contributed by atoms with Crippen molar-refractivity contribution in [3.05, 3.63) is 86.6 Å². The fourth-order valence-corrected chi connectivity index (χ4v) is 3.10. The van der Waals surface area contributed by atoms with Crippen molar-refractivity contribution < 1.29 is 18.7 Å². The maximum absolute atomic E-state index is 12.4. The summed E-state index contributed by atoms with van der Waals surface area (Å²) in [6, 6.07) is 15.8. The topological polar surface area (TPSA) is 81.4 Å². The van der Waals surface area contributed by atoms with E-state index in [2.05, 4.69) is 32.9 Å². The number of esters is 1. The van der Waals surface area contributed by atoms with E-state index in [0.717, 1.165) is 15.4 Å². The number of hydrogen-bond acceptors (Lipinski definition) is 5. The number of halogens is 2. The van der Waals surface area contributed by atoms with E-state index < -0.39 is 17.9 Å². The Kier molecular flexibility index (Phi) is 6.46. The number of hydrogen-bond donors (Lipinski definition) is 1. The number of oxazole rings is 1. The lowest BCUT2D eigenvalue weighted by atomic mass is 10.1. The second kappa shape index (κ2) is 9.01. The maximum atomic E-state index is 12.4. The molecule has 0 aliphatic heterocycles. The average molecular weight is 497 g/mol. The van der Waals surface area contributed by atoms with E-state index >= 15 is 0 Å². The molecule has 27 heavy (non-hydrogen) atoms. The van der Waals surface area contributed by atoms with Crippen LogP contribution in [0.4, 0.5) is 0 Å². The minimum atomic E-state index is -0.556. The van der Waals surface area contributed by atoms with Gasteiger partial charge in [-0.1, -0.05) is 42.5 Å². The molecule has 0 bridgehead atoms. The van der Waals surface area contributed by atoms with E-state index in [1.54, 1.807) is 12.1 Å². The van der Waals surface area contributed by atoms with Crippen molar-refractivity contribution in [2.45, 2.75) is 6.04 Å². The normalized spacial score (nSPS) is 11.6. The van der Waals surface area contributed by atoms with Crippen molar-refractivity contribution in [1.29, 1.82) is 0 Å². The van der Waals surface area contributed by atoms with Gasteiger partial charge in [-0.3, -0.25) is 4.79 Å². The van der Waals surface area contributed by atoms with Gasteiger partial charge < -0.3 is 14.5 Å². The molecule has 0 radical (unpaired) electrons. The summed E-state index contributed by atoms with van der Waals surface area (Å²) < 4.78 is 11.1. The molecule has 0 spiro atoms. The molecule has 0 saturated heterocycles. The van der Waals surface area contributed by atoms with Crippen molar-refractivity contribution in [3.63, 3.8) is 0 Å². The molecule has 8 heteroatoms. The van der Waals surface area contributed by atoms with E-state index in [1.807, 2.05) is 42.5 Å². The molecule has 1 amide bonds. The number of carbonyl (C=O) groups is 2. The fraction of sp³-hybridized carbons (Fsp3) is 0.105. The van der Waals surface area contributed by atoms with Crippen LogP contribution in [0.15, 0.2) is 65.3 Å². The van der Waals surface area contributed by atoms with Crippen molar-refractivity contribution in [3.8, 4) is 0 Å². The number of amides is 1. The molecule has 1 heterocycles. The minimum Gasteiger partial charge on any atom is -0.460 e. The van der Waals surface area contributed by atoms with E-state index in [9.17, 15) is 9.59 Å². The monoisotopic (exact) mass is 496 g/mol. The highest BCUT2D eigenvalue weighted by molar-refractivity contribution is 14.1. The van der Waals surface area contributed by atoms with Crippen LogP contribution in [0.5, 0.6) is 0 Å². The Hall–Kier alpha value is -2.39. The van der Waals surface area contributed by atoms with Crippen LogP contribution in [0.2, 0.25) is 5.35 Å². The molecule has 2 aromatic carbocycles. The van der Waals surface area contributed by atoms with Crippen LogP contribution in [0.25, 0.3) is 0 Å². The van der Waals surface area contributed by atoms with E-state index in [1.165, 1.54) is 0 Å². The van der Waals surface area contributed by atoms with Gasteiger partial charge in [0, 0.05) is 3.57 Å². The molecule has 6 nitrogen and oxygen atoms in total. The maximum Gasteiger partial charge on any atom is 0.339 e. The number of nitrogens with one attached hydrogen (secondary N) is 1. The molecule has 0 aliphatic rings. The van der Waals surface area contributed by atoms with Crippen molar-refractivity contribution in [2.24, 2.45) is 0 Å². The first kappa shape index (κ1) is 19.4. The molecule has 0 saturated carbocycles. The first-order valence-corrected chi connectivity index (χ1v) is 9.39. The van der Waals surface area contributed by atoms with Gasteiger partial charge in [-0.2, -0.15) is 4.98 Å². The van der Waals surface area contributed by atoms with Crippen LogP contribution >= 0.6 is 34.2 Å². The number of rotatable bonds is 6. The Labute approximate surface area is 174 Å². The third kappa shape index (κ3) is 5.08.